The van der Waals surface area contributed by atoms with Crippen LogP contribution < -0.4 is 0 Å². The molecule has 2 N–H and O–H groups in total. The summed E-state index contributed by atoms with van der Waals surface area (Å²) >= 11 is 0. The van der Waals surface area contributed by atoms with Gasteiger partial charge in [0, 0.05) is 20.0 Å². The number of rotatable bonds is 4. The first-order valence-corrected chi connectivity index (χ1v) is 5.51. The van der Waals surface area contributed by atoms with Crippen LogP contribution in [0.5, 0.6) is 0 Å². The molecular formula is C13H18O4. The summed E-state index contributed by atoms with van der Waals surface area (Å²) in [7, 11) is 1.00. The molecule has 0 saturated heterocycles. The second kappa shape index (κ2) is 6.49. The quantitative estimate of drug-likeness (QED) is 0.765. The Morgan fingerprint density at radius 1 is 1.35 bits per heavy atom. The molecule has 17 heavy (non-hydrogen) atoms. The van der Waals surface area contributed by atoms with Crippen molar-refractivity contribution in [1.29, 1.82) is 0 Å². The maximum atomic E-state index is 10.4. The van der Waals surface area contributed by atoms with Crippen molar-refractivity contribution >= 4 is 6.29 Å². The molecule has 0 radical (unpaired) electrons. The van der Waals surface area contributed by atoms with Gasteiger partial charge in [-0.25, -0.2) is 0 Å². The molecule has 1 aromatic carbocycles. The molecule has 0 unspecified atom stereocenters. The Morgan fingerprint density at radius 2 is 1.94 bits per heavy atom. The van der Waals surface area contributed by atoms with Crippen molar-refractivity contribution in [2.45, 2.75) is 31.2 Å². The van der Waals surface area contributed by atoms with Crippen LogP contribution in [0.1, 0.15) is 18.4 Å². The molecule has 94 valence electrons. The fourth-order valence-electron chi connectivity index (χ4n) is 1.73. The average molecular weight is 238 g/mol. The van der Waals surface area contributed by atoms with Crippen LogP contribution in [0.15, 0.2) is 30.3 Å². The number of hydrogen-bond acceptors (Lipinski definition) is 4. The molecule has 0 heterocycles. The maximum absolute atomic E-state index is 10.4. The van der Waals surface area contributed by atoms with Crippen molar-refractivity contribution in [2.24, 2.45) is 0 Å². The normalized spacial score (nSPS) is 26.4. The van der Waals surface area contributed by atoms with Crippen LogP contribution in [0.4, 0.5) is 0 Å². The fraction of sp³-hybridized carbons (Fsp3) is 0.462. The summed E-state index contributed by atoms with van der Waals surface area (Å²) < 4.78 is 5.54. The largest absolute Gasteiger partial charge is 0.400 e. The van der Waals surface area contributed by atoms with Crippen LogP contribution in [0, 0.1) is 0 Å². The van der Waals surface area contributed by atoms with E-state index in [4.69, 9.17) is 9.84 Å². The summed E-state index contributed by atoms with van der Waals surface area (Å²) in [5.74, 6) is 0. The first-order valence-electron chi connectivity index (χ1n) is 5.51. The molecule has 1 aromatic rings. The fourth-order valence-corrected chi connectivity index (χ4v) is 1.73. The lowest BCUT2D eigenvalue weighted by Gasteiger charge is -2.38. The highest BCUT2D eigenvalue weighted by Gasteiger charge is 2.43. The van der Waals surface area contributed by atoms with E-state index in [1.807, 2.05) is 30.3 Å². The molecule has 0 aromatic heterocycles. The van der Waals surface area contributed by atoms with Crippen LogP contribution in [0.3, 0.4) is 0 Å². The molecule has 4 heteroatoms. The molecule has 2 rings (SSSR count). The van der Waals surface area contributed by atoms with Crippen LogP contribution in [0.2, 0.25) is 0 Å². The number of ether oxygens (including phenoxy) is 1. The minimum Gasteiger partial charge on any atom is -0.400 e. The predicted octanol–water partition coefficient (Wildman–Crippen LogP) is 0.904. The zero-order chi connectivity index (χ0) is 12.7. The number of carbonyl (C=O) groups excluding carboxylic acids is 1. The van der Waals surface area contributed by atoms with Gasteiger partial charge in [0.05, 0.1) is 12.7 Å². The Balaban J connectivity index is 0.000000686. The van der Waals surface area contributed by atoms with E-state index in [0.717, 1.165) is 12.7 Å². The Kier molecular flexibility index (Phi) is 5.28. The second-order valence-electron chi connectivity index (χ2n) is 4.05. The number of benzene rings is 1. The molecule has 1 saturated carbocycles. The van der Waals surface area contributed by atoms with Crippen LogP contribution >= 0.6 is 0 Å². The van der Waals surface area contributed by atoms with Gasteiger partial charge in [0.2, 0.25) is 0 Å². The van der Waals surface area contributed by atoms with Gasteiger partial charge < -0.3 is 19.7 Å². The lowest BCUT2D eigenvalue weighted by Crippen LogP contribution is -2.49. The molecule has 4 nitrogen and oxygen atoms in total. The highest BCUT2D eigenvalue weighted by Crippen LogP contribution is 2.33. The molecule has 0 amide bonds. The van der Waals surface area contributed by atoms with Gasteiger partial charge in [0.1, 0.15) is 5.60 Å². The van der Waals surface area contributed by atoms with Gasteiger partial charge in [-0.3, -0.25) is 0 Å². The standard InChI is InChI=1S/C12H14O3.CH4O/c13-9-12(14)6-11(7-12)15-8-10-4-2-1-3-5-10;1-2/h1-5,9,11,14H,6-8H2;2H,1H3. The molecule has 0 bridgehead atoms. The average Bonchev–Trinajstić information content (AvgIpc) is 2.37. The summed E-state index contributed by atoms with van der Waals surface area (Å²) in [6, 6.07) is 9.86. The third-order valence-electron chi connectivity index (χ3n) is 2.71. The van der Waals surface area contributed by atoms with Crippen molar-refractivity contribution in [3.8, 4) is 0 Å². The number of carbonyl (C=O) groups is 1. The first-order chi connectivity index (χ1) is 8.22. The minimum atomic E-state index is -1.12. The van der Waals surface area contributed by atoms with Crippen LogP contribution in [-0.2, 0) is 16.1 Å². The van der Waals surface area contributed by atoms with Crippen LogP contribution in [0.25, 0.3) is 0 Å². The topological polar surface area (TPSA) is 66.8 Å². The summed E-state index contributed by atoms with van der Waals surface area (Å²) in [4.78, 5) is 10.4. The summed E-state index contributed by atoms with van der Waals surface area (Å²) in [6.07, 6.45) is 1.46. The van der Waals surface area contributed by atoms with Gasteiger partial charge in [-0.05, 0) is 5.56 Å². The summed E-state index contributed by atoms with van der Waals surface area (Å²) in [5.41, 5.74) is -0.0134. The first kappa shape index (κ1) is 13.8. The van der Waals surface area contributed by atoms with Gasteiger partial charge in [0.15, 0.2) is 6.29 Å². The third kappa shape index (κ3) is 3.93. The number of hydrogen-bond donors (Lipinski definition) is 2. The van der Waals surface area contributed by atoms with Crippen molar-refractivity contribution in [1.82, 2.24) is 0 Å². The van der Waals surface area contributed by atoms with Gasteiger partial charge in [-0.15, -0.1) is 0 Å². The van der Waals surface area contributed by atoms with E-state index < -0.39 is 5.60 Å². The number of aldehydes is 1. The molecule has 1 aliphatic rings. The summed E-state index contributed by atoms with van der Waals surface area (Å²) in [5, 5.41) is 16.4. The predicted molar refractivity (Wildman–Crippen MR) is 63.4 cm³/mol. The van der Waals surface area contributed by atoms with Gasteiger partial charge in [-0.2, -0.15) is 0 Å². The number of aliphatic hydroxyl groups is 2. The van der Waals surface area contributed by atoms with E-state index in [2.05, 4.69) is 0 Å². The Bertz CT molecular complexity index is 331. The van der Waals surface area contributed by atoms with E-state index >= 15 is 0 Å². The lowest BCUT2D eigenvalue weighted by molar-refractivity contribution is -0.158. The van der Waals surface area contributed by atoms with E-state index in [9.17, 15) is 9.90 Å². The monoisotopic (exact) mass is 238 g/mol. The van der Waals surface area contributed by atoms with E-state index in [0.29, 0.717) is 25.7 Å². The molecule has 1 aliphatic carbocycles. The third-order valence-corrected chi connectivity index (χ3v) is 2.71. The highest BCUT2D eigenvalue weighted by molar-refractivity contribution is 5.64. The van der Waals surface area contributed by atoms with Gasteiger partial charge in [-0.1, -0.05) is 30.3 Å². The summed E-state index contributed by atoms with van der Waals surface area (Å²) in [6.45, 7) is 0.542. The number of aliphatic hydroxyl groups excluding tert-OH is 1. The lowest BCUT2D eigenvalue weighted by atomic mass is 9.79. The smallest absolute Gasteiger partial charge is 0.151 e. The molecule has 1 fully saturated rings. The van der Waals surface area contributed by atoms with Gasteiger partial charge in [0.25, 0.3) is 0 Å². The second-order valence-corrected chi connectivity index (χ2v) is 4.05. The van der Waals surface area contributed by atoms with Crippen molar-refractivity contribution in [3.05, 3.63) is 35.9 Å². The van der Waals surface area contributed by atoms with E-state index in [1.54, 1.807) is 0 Å². The molecule has 0 atom stereocenters. The minimum absolute atomic E-state index is 0.0143. The van der Waals surface area contributed by atoms with E-state index in [-0.39, 0.29) is 6.10 Å². The molecule has 0 aliphatic heterocycles. The van der Waals surface area contributed by atoms with Crippen LogP contribution in [-0.4, -0.2) is 35.3 Å². The zero-order valence-corrected chi connectivity index (χ0v) is 9.87. The van der Waals surface area contributed by atoms with Crippen molar-refractivity contribution < 1.29 is 19.7 Å². The Labute approximate surface area is 101 Å². The zero-order valence-electron chi connectivity index (χ0n) is 9.87. The Morgan fingerprint density at radius 3 is 2.47 bits per heavy atom. The highest BCUT2D eigenvalue weighted by atomic mass is 16.5. The van der Waals surface area contributed by atoms with Crippen molar-refractivity contribution in [3.63, 3.8) is 0 Å². The SMILES string of the molecule is CO.O=CC1(O)CC(OCc2ccccc2)C1. The molecular weight excluding hydrogens is 220 g/mol. The maximum Gasteiger partial charge on any atom is 0.151 e. The Hall–Kier alpha value is -1.23. The van der Waals surface area contributed by atoms with Crippen molar-refractivity contribution in [2.75, 3.05) is 7.11 Å². The van der Waals surface area contributed by atoms with Gasteiger partial charge >= 0.3 is 0 Å². The molecule has 0 spiro atoms. The van der Waals surface area contributed by atoms with E-state index in [1.165, 1.54) is 0 Å².